The van der Waals surface area contributed by atoms with E-state index in [-0.39, 0.29) is 30.2 Å². The van der Waals surface area contributed by atoms with Crippen LogP contribution in [0.2, 0.25) is 0 Å². The van der Waals surface area contributed by atoms with Crippen molar-refractivity contribution in [2.45, 2.75) is 57.2 Å². The van der Waals surface area contributed by atoms with E-state index < -0.39 is 11.9 Å². The first-order chi connectivity index (χ1) is 27.3. The summed E-state index contributed by atoms with van der Waals surface area (Å²) < 4.78 is 14.8. The van der Waals surface area contributed by atoms with Crippen molar-refractivity contribution in [2.24, 2.45) is 5.92 Å². The maximum atomic E-state index is 13.6. The number of amides is 4. The van der Waals surface area contributed by atoms with Gasteiger partial charge in [0.25, 0.3) is 11.8 Å². The number of anilines is 1. The number of ether oxygens (including phenoxy) is 2. The molecule has 3 aromatic heterocycles. The lowest BCUT2D eigenvalue weighted by Gasteiger charge is -2.39. The summed E-state index contributed by atoms with van der Waals surface area (Å²) in [4.78, 5) is 62.1. The first-order valence-electron chi connectivity index (χ1n) is 19.3. The van der Waals surface area contributed by atoms with Gasteiger partial charge in [0.1, 0.15) is 17.5 Å². The molecule has 2 saturated heterocycles. The zero-order chi connectivity index (χ0) is 38.5. The van der Waals surface area contributed by atoms with Crippen LogP contribution >= 0.6 is 0 Å². The van der Waals surface area contributed by atoms with Crippen molar-refractivity contribution in [1.82, 2.24) is 44.8 Å². The summed E-state index contributed by atoms with van der Waals surface area (Å²) >= 11 is 0. The lowest BCUT2D eigenvalue weighted by molar-refractivity contribution is -0.136. The van der Waals surface area contributed by atoms with Crippen molar-refractivity contribution >= 4 is 45.9 Å². The van der Waals surface area contributed by atoms with Crippen LogP contribution in [0.5, 0.6) is 11.5 Å². The Hall–Kier alpha value is -6.03. The van der Waals surface area contributed by atoms with E-state index in [0.29, 0.717) is 58.5 Å². The van der Waals surface area contributed by atoms with Crippen LogP contribution in [0.25, 0.3) is 22.4 Å². The van der Waals surface area contributed by atoms with Crippen LogP contribution in [0, 0.1) is 5.92 Å². The number of hydrogen-bond acceptors (Lipinski definition) is 11. The molecule has 290 valence electrons. The van der Waals surface area contributed by atoms with Gasteiger partial charge in [-0.1, -0.05) is 0 Å². The second kappa shape index (κ2) is 14.6. The van der Waals surface area contributed by atoms with Gasteiger partial charge in [0, 0.05) is 87.3 Å². The fourth-order valence-electron chi connectivity index (χ4n) is 8.79. The fraction of sp³-hybridized carbons (Fsp3) is 0.425. The molecule has 6 heterocycles. The molecule has 56 heavy (non-hydrogen) atoms. The highest BCUT2D eigenvalue weighted by molar-refractivity contribution is 6.07. The molecule has 9 rings (SSSR count). The van der Waals surface area contributed by atoms with Gasteiger partial charge in [-0.25, -0.2) is 9.67 Å². The first-order valence-corrected chi connectivity index (χ1v) is 19.3. The number of aromatic nitrogens is 5. The monoisotopic (exact) mass is 760 g/mol. The third kappa shape index (κ3) is 6.56. The number of carbonyl (C=O) groups is 4. The molecule has 2 aromatic carbocycles. The van der Waals surface area contributed by atoms with Crippen molar-refractivity contribution in [3.05, 3.63) is 71.7 Å². The molecule has 4 aliphatic rings. The largest absolute Gasteiger partial charge is 0.496 e. The van der Waals surface area contributed by atoms with E-state index in [1.165, 1.54) is 0 Å². The molecule has 0 radical (unpaired) electrons. The van der Waals surface area contributed by atoms with Crippen molar-refractivity contribution < 1.29 is 28.7 Å². The minimum Gasteiger partial charge on any atom is -0.496 e. The van der Waals surface area contributed by atoms with Crippen molar-refractivity contribution in [3.8, 4) is 17.3 Å². The first kappa shape index (κ1) is 35.7. The summed E-state index contributed by atoms with van der Waals surface area (Å²) in [5.74, 6) is 1.13. The second-order valence-corrected chi connectivity index (χ2v) is 15.2. The third-order valence-electron chi connectivity index (χ3n) is 11.8. The van der Waals surface area contributed by atoms with E-state index in [2.05, 4.69) is 30.5 Å². The Balaban J connectivity index is 0.780. The van der Waals surface area contributed by atoms with E-state index in [9.17, 15) is 19.2 Å². The van der Waals surface area contributed by atoms with E-state index in [1.54, 1.807) is 46.8 Å². The van der Waals surface area contributed by atoms with Gasteiger partial charge >= 0.3 is 0 Å². The van der Waals surface area contributed by atoms with Crippen LogP contribution in [0.3, 0.4) is 0 Å². The summed E-state index contributed by atoms with van der Waals surface area (Å²) in [6.07, 6.45) is 9.76. The topological polar surface area (TPSA) is 169 Å². The van der Waals surface area contributed by atoms with Crippen LogP contribution in [0.15, 0.2) is 55.0 Å². The Morgan fingerprint density at radius 2 is 1.77 bits per heavy atom. The number of benzene rings is 2. The Labute approximate surface area is 322 Å². The number of hydrogen-bond donors (Lipinski definition) is 2. The fourth-order valence-corrected chi connectivity index (χ4v) is 8.79. The van der Waals surface area contributed by atoms with Gasteiger partial charge in [0.2, 0.25) is 11.8 Å². The standard InChI is InChI=1S/C40H44N10O6/c1-55-32-19-30-25(23-49(45-30)36-20-41-34-4-3-11-42-50(34)36)17-29(32)38(52)43-27-7-5-24(6-8-27)21-46-12-14-47(15-13-46)28-16-26-22-48(31-9-10-35(51)44-39(31)53)40(54)37(26)33(18-28)56-2/h3-4,11,16-20,23-24,27,31H,5-10,12-15,21-22H2,1-2H3,(H,43,52)(H,44,51,53). The molecule has 0 bridgehead atoms. The number of nitrogens with zero attached hydrogens (tertiary/aromatic N) is 8. The molecule has 1 atom stereocenters. The molecule has 1 aliphatic carbocycles. The number of fused-ring (bicyclic) bond motifs is 3. The van der Waals surface area contributed by atoms with Gasteiger partial charge in [-0.3, -0.25) is 29.4 Å². The summed E-state index contributed by atoms with van der Waals surface area (Å²) in [5, 5.41) is 15.6. The van der Waals surface area contributed by atoms with Gasteiger partial charge in [0.05, 0.1) is 37.1 Å². The zero-order valence-corrected chi connectivity index (χ0v) is 31.4. The van der Waals surface area contributed by atoms with E-state index in [0.717, 1.165) is 75.0 Å². The number of carbonyl (C=O) groups excluding carboxylic acids is 4. The van der Waals surface area contributed by atoms with E-state index >= 15 is 0 Å². The van der Waals surface area contributed by atoms with Gasteiger partial charge < -0.3 is 24.6 Å². The number of piperidine rings is 1. The molecule has 4 amide bonds. The third-order valence-corrected chi connectivity index (χ3v) is 11.8. The Morgan fingerprint density at radius 3 is 2.54 bits per heavy atom. The molecular weight excluding hydrogens is 717 g/mol. The van der Waals surface area contributed by atoms with Crippen LogP contribution in [0.1, 0.15) is 64.8 Å². The predicted octanol–water partition coefficient (Wildman–Crippen LogP) is 2.96. The predicted molar refractivity (Wildman–Crippen MR) is 205 cm³/mol. The minimum absolute atomic E-state index is 0.0931. The quantitative estimate of drug-likeness (QED) is 0.212. The molecule has 0 spiro atoms. The summed E-state index contributed by atoms with van der Waals surface area (Å²) in [5.41, 5.74) is 4.24. The van der Waals surface area contributed by atoms with E-state index in [1.807, 2.05) is 36.5 Å². The van der Waals surface area contributed by atoms with Gasteiger partial charge in [0.15, 0.2) is 11.5 Å². The molecule has 5 aromatic rings. The molecule has 16 heteroatoms. The zero-order valence-electron chi connectivity index (χ0n) is 31.4. The van der Waals surface area contributed by atoms with Crippen LogP contribution in [-0.4, -0.2) is 117 Å². The average Bonchev–Trinajstić information content (AvgIpc) is 3.93. The maximum Gasteiger partial charge on any atom is 0.258 e. The smallest absolute Gasteiger partial charge is 0.258 e. The highest BCUT2D eigenvalue weighted by Crippen LogP contribution is 2.38. The number of piperazine rings is 1. The van der Waals surface area contributed by atoms with Crippen LogP contribution < -0.4 is 25.0 Å². The Bertz CT molecular complexity index is 2360. The molecule has 2 N–H and O–H groups in total. The minimum atomic E-state index is -0.666. The van der Waals surface area contributed by atoms with Gasteiger partial charge in [-0.05, 0) is 67.9 Å². The molecule has 3 fully saturated rings. The van der Waals surface area contributed by atoms with Gasteiger partial charge in [-0.15, -0.1) is 0 Å². The van der Waals surface area contributed by atoms with Crippen LogP contribution in [-0.2, 0) is 16.1 Å². The highest BCUT2D eigenvalue weighted by Gasteiger charge is 2.41. The lowest BCUT2D eigenvalue weighted by atomic mass is 9.85. The summed E-state index contributed by atoms with van der Waals surface area (Å²) in [7, 11) is 3.13. The second-order valence-electron chi connectivity index (χ2n) is 15.2. The number of imidazole rings is 1. The number of methoxy groups -OCH3 is 2. The normalized spacial score (nSPS) is 21.8. The molecule has 1 unspecified atom stereocenters. The van der Waals surface area contributed by atoms with Crippen molar-refractivity contribution in [1.29, 1.82) is 0 Å². The lowest BCUT2D eigenvalue weighted by Crippen LogP contribution is -2.52. The number of imide groups is 1. The maximum absolute atomic E-state index is 13.6. The van der Waals surface area contributed by atoms with Crippen molar-refractivity contribution in [2.75, 3.05) is 51.8 Å². The highest BCUT2D eigenvalue weighted by atomic mass is 16.5. The summed E-state index contributed by atoms with van der Waals surface area (Å²) in [6.45, 7) is 4.87. The summed E-state index contributed by atoms with van der Waals surface area (Å²) in [6, 6.07) is 10.8. The molecule has 1 saturated carbocycles. The van der Waals surface area contributed by atoms with E-state index in [4.69, 9.17) is 14.6 Å². The Kier molecular flexibility index (Phi) is 9.27. The average molecular weight is 761 g/mol. The molecular formula is C40H44N10O6. The van der Waals surface area contributed by atoms with Crippen molar-refractivity contribution in [3.63, 3.8) is 0 Å². The Morgan fingerprint density at radius 1 is 0.964 bits per heavy atom. The van der Waals surface area contributed by atoms with Crippen LogP contribution in [0.4, 0.5) is 5.69 Å². The molecule has 3 aliphatic heterocycles. The molecule has 16 nitrogen and oxygen atoms in total. The number of rotatable bonds is 9. The van der Waals surface area contributed by atoms with Gasteiger partial charge in [-0.2, -0.15) is 14.7 Å². The number of nitrogens with one attached hydrogen (secondary N) is 2. The SMILES string of the molecule is COc1cc2nn(-c3cnc4cccnn34)cc2cc1C(=O)NC1CCC(CN2CCN(c3cc4c(c(OC)c3)C(=O)N(C3CCC(=O)NC3=O)C4)CC2)CC1.